The van der Waals surface area contributed by atoms with Gasteiger partial charge in [0.05, 0.1) is 79.3 Å². The van der Waals surface area contributed by atoms with Crippen LogP contribution in [-0.4, -0.2) is 128 Å². The van der Waals surface area contributed by atoms with Crippen molar-refractivity contribution in [1.29, 1.82) is 0 Å². The maximum absolute atomic E-state index is 14.0. The highest BCUT2D eigenvalue weighted by atomic mass is 16.6. The summed E-state index contributed by atoms with van der Waals surface area (Å²) in [6.45, 7) is 4.45. The number of ether oxygens (including phenoxy) is 10. The molecule has 0 aromatic carbocycles. The van der Waals surface area contributed by atoms with Crippen molar-refractivity contribution < 1.29 is 57.0 Å². The first-order valence-electron chi connectivity index (χ1n) is 13.9. The monoisotopic (exact) mass is 544 g/mol. The van der Waals surface area contributed by atoms with Crippen molar-refractivity contribution in [3.63, 3.8) is 0 Å². The zero-order valence-electron chi connectivity index (χ0n) is 21.9. The van der Waals surface area contributed by atoms with Crippen molar-refractivity contribution in [3.05, 3.63) is 0 Å². The molecule has 0 radical (unpaired) electrons. The van der Waals surface area contributed by atoms with E-state index >= 15 is 0 Å². The second-order valence-electron chi connectivity index (χ2n) is 10.3. The Labute approximate surface area is 222 Å². The van der Waals surface area contributed by atoms with Crippen LogP contribution in [0.25, 0.3) is 0 Å². The maximum Gasteiger partial charge on any atom is 0.323 e. The molecule has 1 saturated carbocycles. The molecule has 4 unspecified atom stereocenters. The molecule has 4 saturated heterocycles. The second-order valence-corrected chi connectivity index (χ2v) is 10.3. The van der Waals surface area contributed by atoms with Gasteiger partial charge in [-0.3, -0.25) is 9.59 Å². The summed E-state index contributed by atoms with van der Waals surface area (Å²) in [5.74, 6) is -1.26. The third-order valence-corrected chi connectivity index (χ3v) is 7.81. The molecule has 1 aliphatic carbocycles. The molecule has 5 fully saturated rings. The Balaban J connectivity index is 1.34. The average molecular weight is 545 g/mol. The van der Waals surface area contributed by atoms with Crippen molar-refractivity contribution >= 4 is 11.9 Å². The fourth-order valence-corrected chi connectivity index (χ4v) is 5.68. The molecule has 12 nitrogen and oxygen atoms in total. The van der Waals surface area contributed by atoms with Gasteiger partial charge in [0.15, 0.2) is 17.6 Å². The molecule has 12 heteroatoms. The molecule has 38 heavy (non-hydrogen) atoms. The number of hydrogen-bond donors (Lipinski definition) is 0. The van der Waals surface area contributed by atoms with Gasteiger partial charge in [0, 0.05) is 0 Å². The van der Waals surface area contributed by atoms with Gasteiger partial charge in [-0.1, -0.05) is 19.3 Å². The van der Waals surface area contributed by atoms with Crippen LogP contribution in [-0.2, 0) is 57.0 Å². The van der Waals surface area contributed by atoms with Crippen LogP contribution < -0.4 is 0 Å². The molecule has 0 N–H and O–H groups in total. The highest BCUT2D eigenvalue weighted by Gasteiger charge is 2.53. The van der Waals surface area contributed by atoms with E-state index in [0.29, 0.717) is 78.5 Å². The van der Waals surface area contributed by atoms with Gasteiger partial charge in [-0.25, -0.2) is 0 Å². The van der Waals surface area contributed by atoms with E-state index < -0.39 is 54.0 Å². The summed E-state index contributed by atoms with van der Waals surface area (Å²) < 4.78 is 58.1. The molecule has 5 rings (SSSR count). The normalized spacial score (nSPS) is 34.0. The number of esters is 2. The third kappa shape index (κ3) is 6.67. The van der Waals surface area contributed by atoms with E-state index in [2.05, 4.69) is 0 Å². The van der Waals surface area contributed by atoms with Gasteiger partial charge in [-0.05, 0) is 12.8 Å². The van der Waals surface area contributed by atoms with Gasteiger partial charge in [0.25, 0.3) is 0 Å². The Hall–Kier alpha value is -1.38. The van der Waals surface area contributed by atoms with Gasteiger partial charge < -0.3 is 47.4 Å². The molecule has 5 aliphatic rings. The third-order valence-electron chi connectivity index (χ3n) is 7.81. The first kappa shape index (κ1) is 28.2. The van der Waals surface area contributed by atoms with Crippen LogP contribution in [0.3, 0.4) is 0 Å². The summed E-state index contributed by atoms with van der Waals surface area (Å²) in [6.07, 6.45) is -0.659. The van der Waals surface area contributed by atoms with E-state index in [0.717, 1.165) is 6.42 Å². The summed E-state index contributed by atoms with van der Waals surface area (Å²) in [5, 5.41) is 0. The number of hydrogen-bond acceptors (Lipinski definition) is 12. The lowest BCUT2D eigenvalue weighted by molar-refractivity contribution is -0.228. The quantitative estimate of drug-likeness (QED) is 0.310. The molecular weight excluding hydrogens is 504 g/mol. The Kier molecular flexibility index (Phi) is 10.2. The van der Waals surface area contributed by atoms with Crippen LogP contribution in [0.2, 0.25) is 0 Å². The van der Waals surface area contributed by atoms with Gasteiger partial charge in [-0.15, -0.1) is 0 Å². The van der Waals surface area contributed by atoms with Crippen LogP contribution in [0.4, 0.5) is 0 Å². The largest absolute Gasteiger partial charge is 0.456 e. The predicted octanol–water partition coefficient (Wildman–Crippen LogP) is 0.422. The lowest BCUT2D eigenvalue weighted by atomic mass is 9.74. The van der Waals surface area contributed by atoms with Crippen LogP contribution in [0.15, 0.2) is 0 Å². The molecule has 0 bridgehead atoms. The van der Waals surface area contributed by atoms with Crippen molar-refractivity contribution in [2.45, 2.75) is 68.7 Å². The molecule has 4 aliphatic heterocycles. The number of carbonyl (C=O) groups is 2. The molecule has 216 valence electrons. The average Bonchev–Trinajstić information content (AvgIpc) is 3.00. The fourth-order valence-electron chi connectivity index (χ4n) is 5.68. The Morgan fingerprint density at radius 3 is 1.16 bits per heavy atom. The van der Waals surface area contributed by atoms with Gasteiger partial charge in [0.2, 0.25) is 0 Å². The lowest BCUT2D eigenvalue weighted by Crippen LogP contribution is -2.56. The summed E-state index contributed by atoms with van der Waals surface area (Å²) in [4.78, 5) is 27.9. The summed E-state index contributed by atoms with van der Waals surface area (Å²) in [5.41, 5.74) is -1.45. The van der Waals surface area contributed by atoms with Crippen LogP contribution in [0, 0.1) is 5.41 Å². The van der Waals surface area contributed by atoms with E-state index in [-0.39, 0.29) is 26.4 Å². The van der Waals surface area contributed by atoms with Crippen LogP contribution in [0.5, 0.6) is 0 Å². The Bertz CT molecular complexity index is 655. The first-order valence-corrected chi connectivity index (χ1v) is 13.9. The highest BCUT2D eigenvalue weighted by molar-refractivity contribution is 6.00. The summed E-state index contributed by atoms with van der Waals surface area (Å²) in [7, 11) is 0. The van der Waals surface area contributed by atoms with Gasteiger partial charge >= 0.3 is 11.9 Å². The topological polar surface area (TPSA) is 126 Å². The summed E-state index contributed by atoms with van der Waals surface area (Å²) in [6, 6.07) is 0. The van der Waals surface area contributed by atoms with Crippen LogP contribution in [0.1, 0.15) is 32.1 Å². The minimum Gasteiger partial charge on any atom is -0.456 e. The van der Waals surface area contributed by atoms with E-state index in [1.807, 2.05) is 0 Å². The SMILES string of the molecule is O=C(OC(C1COCCO1)C1COCCO1)C1(C(=O)OC(C2COCCO2)C2COCCO2)CCCCC1. The van der Waals surface area contributed by atoms with Crippen molar-refractivity contribution in [1.82, 2.24) is 0 Å². The summed E-state index contributed by atoms with van der Waals surface area (Å²) >= 11 is 0. The van der Waals surface area contributed by atoms with Crippen LogP contribution >= 0.6 is 0 Å². The second kappa shape index (κ2) is 13.8. The minimum absolute atomic E-state index is 0.259. The molecule has 0 aromatic heterocycles. The maximum atomic E-state index is 14.0. The molecule has 0 amide bonds. The Morgan fingerprint density at radius 2 is 0.868 bits per heavy atom. The Morgan fingerprint density at radius 1 is 0.526 bits per heavy atom. The van der Waals surface area contributed by atoms with E-state index in [1.54, 1.807) is 0 Å². The molecular formula is C26H40O12. The van der Waals surface area contributed by atoms with Crippen molar-refractivity contribution in [3.8, 4) is 0 Å². The predicted molar refractivity (Wildman–Crippen MR) is 128 cm³/mol. The van der Waals surface area contributed by atoms with Gasteiger partial charge in [-0.2, -0.15) is 0 Å². The van der Waals surface area contributed by atoms with Crippen molar-refractivity contribution in [2.24, 2.45) is 5.41 Å². The highest BCUT2D eigenvalue weighted by Crippen LogP contribution is 2.40. The first-order chi connectivity index (χ1) is 18.7. The zero-order chi connectivity index (χ0) is 26.2. The molecule has 4 heterocycles. The number of carbonyl (C=O) groups excluding carboxylic acids is 2. The molecule has 0 aromatic rings. The fraction of sp³-hybridized carbons (Fsp3) is 0.923. The molecule has 4 atom stereocenters. The van der Waals surface area contributed by atoms with E-state index in [1.165, 1.54) is 0 Å². The minimum atomic E-state index is -1.45. The van der Waals surface area contributed by atoms with E-state index in [9.17, 15) is 9.59 Å². The van der Waals surface area contributed by atoms with Crippen molar-refractivity contribution in [2.75, 3.05) is 79.3 Å². The number of rotatable bonds is 8. The van der Waals surface area contributed by atoms with E-state index in [4.69, 9.17) is 47.4 Å². The molecule has 0 spiro atoms. The smallest absolute Gasteiger partial charge is 0.323 e. The zero-order valence-corrected chi connectivity index (χ0v) is 21.9. The standard InChI is InChI=1S/C26H40O12/c27-24(37-22(18-14-29-6-10-33-18)19-15-30-7-11-34-19)26(4-2-1-3-5-26)25(28)38-23(20-16-31-8-12-35-20)21-17-32-9-13-36-21/h18-23H,1-17H2. The van der Waals surface area contributed by atoms with Gasteiger partial charge in [0.1, 0.15) is 24.4 Å². The lowest BCUT2D eigenvalue weighted by Gasteiger charge is -2.41.